The first-order valence-corrected chi connectivity index (χ1v) is 11.3. The number of ketones is 1. The number of esters is 1. The van der Waals surface area contributed by atoms with Crippen molar-refractivity contribution in [1.82, 2.24) is 4.72 Å². The molecule has 7 heteroatoms. The molecule has 2 aromatic carbocycles. The van der Waals surface area contributed by atoms with Crippen LogP contribution in [-0.2, 0) is 19.6 Å². The normalized spacial score (nSPS) is 15.0. The standard InChI is InChI=1S/C22H25NO5S/c24-21(19-13-11-18(12-14-19)17-7-3-1-4-8-17)16-28-22(25)15-23-29(26,27)20-9-5-2-6-10-20/h2,5-6,9-14,17,23H,1,3-4,7-8,15-16H2. The zero-order valence-electron chi connectivity index (χ0n) is 16.2. The van der Waals surface area contributed by atoms with E-state index in [1.807, 2.05) is 12.1 Å². The topological polar surface area (TPSA) is 89.5 Å². The summed E-state index contributed by atoms with van der Waals surface area (Å²) in [7, 11) is -3.80. The molecule has 154 valence electrons. The number of carbonyl (C=O) groups is 2. The zero-order valence-corrected chi connectivity index (χ0v) is 17.0. The Morgan fingerprint density at radius 1 is 0.931 bits per heavy atom. The van der Waals surface area contributed by atoms with Crippen molar-refractivity contribution >= 4 is 21.8 Å². The molecular formula is C22H25NO5S. The van der Waals surface area contributed by atoms with Crippen molar-refractivity contribution in [3.05, 3.63) is 65.7 Å². The average Bonchev–Trinajstić information content (AvgIpc) is 2.77. The van der Waals surface area contributed by atoms with Gasteiger partial charge < -0.3 is 4.74 Å². The smallest absolute Gasteiger partial charge is 0.321 e. The summed E-state index contributed by atoms with van der Waals surface area (Å²) in [6, 6.07) is 15.2. The van der Waals surface area contributed by atoms with Crippen LogP contribution in [0, 0.1) is 0 Å². The van der Waals surface area contributed by atoms with E-state index in [0.29, 0.717) is 11.5 Å². The first-order valence-electron chi connectivity index (χ1n) is 9.79. The van der Waals surface area contributed by atoms with E-state index in [9.17, 15) is 18.0 Å². The Hall–Kier alpha value is -2.51. The monoisotopic (exact) mass is 415 g/mol. The highest BCUT2D eigenvalue weighted by atomic mass is 32.2. The van der Waals surface area contributed by atoms with Gasteiger partial charge in [0, 0.05) is 5.56 Å². The van der Waals surface area contributed by atoms with Gasteiger partial charge in [0.05, 0.1) is 4.90 Å². The quantitative estimate of drug-likeness (QED) is 0.527. The predicted molar refractivity (Wildman–Crippen MR) is 109 cm³/mol. The summed E-state index contributed by atoms with van der Waals surface area (Å²) in [5, 5.41) is 0. The van der Waals surface area contributed by atoms with Gasteiger partial charge in [-0.15, -0.1) is 0 Å². The summed E-state index contributed by atoms with van der Waals surface area (Å²) in [5.74, 6) is -0.570. The van der Waals surface area contributed by atoms with Crippen molar-refractivity contribution < 1.29 is 22.7 Å². The van der Waals surface area contributed by atoms with E-state index >= 15 is 0 Å². The van der Waals surface area contributed by atoms with E-state index in [4.69, 9.17) is 4.74 Å². The molecule has 0 heterocycles. The van der Waals surface area contributed by atoms with E-state index < -0.39 is 29.1 Å². The molecule has 1 saturated carbocycles. The maximum atomic E-state index is 12.2. The van der Waals surface area contributed by atoms with Crippen LogP contribution in [0.5, 0.6) is 0 Å². The Morgan fingerprint density at radius 3 is 2.24 bits per heavy atom. The van der Waals surface area contributed by atoms with Crippen LogP contribution in [0.25, 0.3) is 0 Å². The van der Waals surface area contributed by atoms with Crippen molar-refractivity contribution in [1.29, 1.82) is 0 Å². The molecule has 0 atom stereocenters. The van der Waals surface area contributed by atoms with E-state index in [2.05, 4.69) is 4.72 Å². The molecular weight excluding hydrogens is 390 g/mol. The Labute approximate surface area is 171 Å². The third-order valence-corrected chi connectivity index (χ3v) is 6.55. The van der Waals surface area contributed by atoms with Crippen LogP contribution >= 0.6 is 0 Å². The molecule has 6 nitrogen and oxygen atoms in total. The molecule has 3 rings (SSSR count). The number of Topliss-reactive ketones (excluding diaryl/α,β-unsaturated/α-hetero) is 1. The fraction of sp³-hybridized carbons (Fsp3) is 0.364. The van der Waals surface area contributed by atoms with Crippen molar-refractivity contribution in [3.63, 3.8) is 0 Å². The van der Waals surface area contributed by atoms with E-state index in [1.165, 1.54) is 49.8 Å². The number of carbonyl (C=O) groups excluding carboxylic acids is 2. The minimum atomic E-state index is -3.80. The van der Waals surface area contributed by atoms with Crippen LogP contribution in [0.2, 0.25) is 0 Å². The van der Waals surface area contributed by atoms with Gasteiger partial charge in [-0.25, -0.2) is 8.42 Å². The molecule has 0 spiro atoms. The third-order valence-electron chi connectivity index (χ3n) is 5.13. The number of nitrogens with one attached hydrogen (secondary N) is 1. The van der Waals surface area contributed by atoms with Gasteiger partial charge in [0.25, 0.3) is 0 Å². The average molecular weight is 416 g/mol. The number of sulfonamides is 1. The van der Waals surface area contributed by atoms with Crippen LogP contribution in [0.1, 0.15) is 53.9 Å². The van der Waals surface area contributed by atoms with Gasteiger partial charge in [0.15, 0.2) is 12.4 Å². The van der Waals surface area contributed by atoms with Crippen molar-refractivity contribution in [2.45, 2.75) is 42.9 Å². The molecule has 2 aromatic rings. The van der Waals surface area contributed by atoms with Crippen molar-refractivity contribution in [3.8, 4) is 0 Å². The van der Waals surface area contributed by atoms with Gasteiger partial charge in [-0.3, -0.25) is 9.59 Å². The first kappa shape index (κ1) is 21.2. The summed E-state index contributed by atoms with van der Waals surface area (Å²) >= 11 is 0. The largest absolute Gasteiger partial charge is 0.456 e. The number of hydrogen-bond donors (Lipinski definition) is 1. The minimum Gasteiger partial charge on any atom is -0.456 e. The number of rotatable bonds is 8. The molecule has 1 aliphatic rings. The maximum Gasteiger partial charge on any atom is 0.321 e. The van der Waals surface area contributed by atoms with Gasteiger partial charge in [-0.05, 0) is 36.5 Å². The lowest BCUT2D eigenvalue weighted by atomic mass is 9.84. The molecule has 1 N–H and O–H groups in total. The lowest BCUT2D eigenvalue weighted by Gasteiger charge is -2.22. The second kappa shape index (κ2) is 9.80. The molecule has 29 heavy (non-hydrogen) atoms. The summed E-state index contributed by atoms with van der Waals surface area (Å²) in [5.41, 5.74) is 1.72. The predicted octanol–water partition coefficient (Wildman–Crippen LogP) is 3.44. The van der Waals surface area contributed by atoms with Crippen LogP contribution in [0.4, 0.5) is 0 Å². The molecule has 0 aliphatic heterocycles. The van der Waals surface area contributed by atoms with Crippen LogP contribution in [0.3, 0.4) is 0 Å². The van der Waals surface area contributed by atoms with Crippen molar-refractivity contribution in [2.24, 2.45) is 0 Å². The van der Waals surface area contributed by atoms with Gasteiger partial charge in [0.2, 0.25) is 10.0 Å². The van der Waals surface area contributed by atoms with Gasteiger partial charge in [-0.2, -0.15) is 4.72 Å². The molecule has 0 unspecified atom stereocenters. The molecule has 1 aliphatic carbocycles. The Balaban J connectivity index is 1.46. The summed E-state index contributed by atoms with van der Waals surface area (Å²) in [6.07, 6.45) is 6.15. The second-order valence-electron chi connectivity index (χ2n) is 7.18. The Kier molecular flexibility index (Phi) is 7.17. The first-order chi connectivity index (χ1) is 14.0. The van der Waals surface area contributed by atoms with Gasteiger partial charge >= 0.3 is 5.97 Å². The van der Waals surface area contributed by atoms with Crippen LogP contribution < -0.4 is 4.72 Å². The highest BCUT2D eigenvalue weighted by molar-refractivity contribution is 7.89. The Bertz CT molecular complexity index is 933. The highest BCUT2D eigenvalue weighted by Gasteiger charge is 2.18. The molecule has 0 amide bonds. The number of hydrogen-bond acceptors (Lipinski definition) is 5. The SMILES string of the molecule is O=C(CNS(=O)(=O)c1ccccc1)OCC(=O)c1ccc(C2CCCCC2)cc1. The Morgan fingerprint density at radius 2 is 1.59 bits per heavy atom. The lowest BCUT2D eigenvalue weighted by molar-refractivity contribution is -0.141. The second-order valence-corrected chi connectivity index (χ2v) is 8.95. The van der Waals surface area contributed by atoms with E-state index in [1.54, 1.807) is 30.3 Å². The van der Waals surface area contributed by atoms with Crippen molar-refractivity contribution in [2.75, 3.05) is 13.2 Å². The van der Waals surface area contributed by atoms with Crippen LogP contribution in [0.15, 0.2) is 59.5 Å². The number of ether oxygens (including phenoxy) is 1. The zero-order chi connectivity index (χ0) is 20.7. The molecule has 1 fully saturated rings. The summed E-state index contributed by atoms with van der Waals surface area (Å²) in [6.45, 7) is -0.959. The third kappa shape index (κ3) is 5.98. The molecule has 0 aromatic heterocycles. The van der Waals surface area contributed by atoms with Gasteiger partial charge in [0.1, 0.15) is 6.54 Å². The molecule has 0 bridgehead atoms. The summed E-state index contributed by atoms with van der Waals surface area (Å²) in [4.78, 5) is 24.1. The summed E-state index contributed by atoms with van der Waals surface area (Å²) < 4.78 is 31.2. The molecule has 0 saturated heterocycles. The fourth-order valence-corrected chi connectivity index (χ4v) is 4.48. The van der Waals surface area contributed by atoms with Gasteiger partial charge in [-0.1, -0.05) is 61.7 Å². The van der Waals surface area contributed by atoms with Crippen LogP contribution in [-0.4, -0.2) is 33.3 Å². The van der Waals surface area contributed by atoms with E-state index in [0.717, 1.165) is 0 Å². The van der Waals surface area contributed by atoms with E-state index in [-0.39, 0.29) is 10.7 Å². The number of benzene rings is 2. The lowest BCUT2D eigenvalue weighted by Crippen LogP contribution is -2.31. The fourth-order valence-electron chi connectivity index (χ4n) is 3.49. The molecule has 0 radical (unpaired) electrons. The highest BCUT2D eigenvalue weighted by Crippen LogP contribution is 2.32. The minimum absolute atomic E-state index is 0.0573. The maximum absolute atomic E-state index is 12.2.